The number of hydrogen-bond donors (Lipinski definition) is 3. The van der Waals surface area contributed by atoms with Crippen LogP contribution in [0.3, 0.4) is 0 Å². The highest BCUT2D eigenvalue weighted by atomic mass is 32.2. The van der Waals surface area contributed by atoms with Gasteiger partial charge in [0, 0.05) is 12.6 Å². The van der Waals surface area contributed by atoms with Crippen LogP contribution in [0, 0.1) is 0 Å². The zero-order valence-corrected chi connectivity index (χ0v) is 10.1. The minimum atomic E-state index is -3.75. The van der Waals surface area contributed by atoms with Crippen molar-refractivity contribution >= 4 is 16.0 Å². The largest absolute Gasteiger partial charge is 0.480 e. The summed E-state index contributed by atoms with van der Waals surface area (Å²) in [5, 5.41) is 10.4. The first-order valence-electron chi connectivity index (χ1n) is 5.38. The second kappa shape index (κ2) is 5.60. The third kappa shape index (κ3) is 3.73. The quantitative estimate of drug-likeness (QED) is 0.612. The van der Waals surface area contributed by atoms with Crippen molar-refractivity contribution in [1.29, 1.82) is 0 Å². The van der Waals surface area contributed by atoms with E-state index in [1.165, 1.54) is 6.92 Å². The van der Waals surface area contributed by atoms with E-state index in [2.05, 4.69) is 10.0 Å². The highest BCUT2D eigenvalue weighted by Gasteiger charge is 2.28. The summed E-state index contributed by atoms with van der Waals surface area (Å²) in [6.45, 7) is 2.32. The van der Waals surface area contributed by atoms with E-state index in [1.807, 2.05) is 0 Å². The summed E-state index contributed by atoms with van der Waals surface area (Å²) >= 11 is 0. The molecule has 1 heterocycles. The van der Waals surface area contributed by atoms with Gasteiger partial charge in [0.1, 0.15) is 0 Å². The van der Waals surface area contributed by atoms with Crippen LogP contribution in [0.5, 0.6) is 0 Å². The zero-order valence-electron chi connectivity index (χ0n) is 9.27. The van der Waals surface area contributed by atoms with Crippen LogP contribution < -0.4 is 10.0 Å². The molecule has 16 heavy (non-hydrogen) atoms. The van der Waals surface area contributed by atoms with Gasteiger partial charge in [-0.2, -0.15) is 0 Å². The zero-order chi connectivity index (χ0) is 12.2. The van der Waals surface area contributed by atoms with Crippen LogP contribution in [0.15, 0.2) is 0 Å². The minimum absolute atomic E-state index is 0.115. The second-order valence-corrected chi connectivity index (χ2v) is 6.11. The first-order chi connectivity index (χ1) is 7.43. The predicted molar refractivity (Wildman–Crippen MR) is 59.7 cm³/mol. The van der Waals surface area contributed by atoms with E-state index in [0.29, 0.717) is 0 Å². The van der Waals surface area contributed by atoms with Gasteiger partial charge >= 0.3 is 5.97 Å². The predicted octanol–water partition coefficient (Wildman–Crippen LogP) is -0.479. The van der Waals surface area contributed by atoms with Gasteiger partial charge < -0.3 is 10.4 Å². The van der Waals surface area contributed by atoms with Crippen molar-refractivity contribution in [2.75, 3.05) is 13.1 Å². The summed E-state index contributed by atoms with van der Waals surface area (Å²) in [7, 11) is -3.75. The lowest BCUT2D eigenvalue weighted by molar-refractivity contribution is -0.136. The number of sulfonamides is 1. The summed E-state index contributed by atoms with van der Waals surface area (Å²) in [4.78, 5) is 10.6. The molecule has 0 bridgehead atoms. The molecule has 0 saturated carbocycles. The summed E-state index contributed by atoms with van der Waals surface area (Å²) in [6.07, 6.45) is 3.10. The van der Waals surface area contributed by atoms with Crippen molar-refractivity contribution in [1.82, 2.24) is 10.0 Å². The maximum absolute atomic E-state index is 11.5. The third-order valence-electron chi connectivity index (χ3n) is 2.76. The van der Waals surface area contributed by atoms with Crippen molar-refractivity contribution in [3.8, 4) is 0 Å². The second-order valence-electron chi connectivity index (χ2n) is 4.02. The molecule has 0 amide bonds. The van der Waals surface area contributed by atoms with Crippen LogP contribution in [0.2, 0.25) is 0 Å². The molecule has 1 saturated heterocycles. The average Bonchev–Trinajstić information content (AvgIpc) is 2.27. The number of carboxylic acid groups (broad SMARTS) is 1. The van der Waals surface area contributed by atoms with Gasteiger partial charge in [0.2, 0.25) is 10.0 Å². The Bertz CT molecular complexity index is 335. The Morgan fingerprint density at radius 2 is 2.25 bits per heavy atom. The molecule has 1 aliphatic rings. The maximum Gasteiger partial charge on any atom is 0.323 e. The van der Waals surface area contributed by atoms with Gasteiger partial charge in [-0.25, -0.2) is 13.1 Å². The number of hydrogen-bond acceptors (Lipinski definition) is 4. The van der Waals surface area contributed by atoms with Gasteiger partial charge in [0.15, 0.2) is 5.25 Å². The number of carbonyl (C=O) groups is 1. The summed E-state index contributed by atoms with van der Waals surface area (Å²) in [5.74, 6) is -1.33. The summed E-state index contributed by atoms with van der Waals surface area (Å²) in [5.41, 5.74) is 0. The molecular formula is C9H18N2O4S. The molecule has 0 aliphatic carbocycles. The van der Waals surface area contributed by atoms with E-state index in [4.69, 9.17) is 5.11 Å². The van der Waals surface area contributed by atoms with Crippen molar-refractivity contribution < 1.29 is 18.3 Å². The molecule has 1 rings (SSSR count). The molecule has 0 aromatic heterocycles. The lowest BCUT2D eigenvalue weighted by Gasteiger charge is -2.23. The van der Waals surface area contributed by atoms with Crippen LogP contribution in [-0.2, 0) is 14.8 Å². The fraction of sp³-hybridized carbons (Fsp3) is 0.889. The molecule has 0 aromatic carbocycles. The highest BCUT2D eigenvalue weighted by molar-refractivity contribution is 7.90. The van der Waals surface area contributed by atoms with E-state index < -0.39 is 21.2 Å². The summed E-state index contributed by atoms with van der Waals surface area (Å²) < 4.78 is 25.3. The van der Waals surface area contributed by atoms with E-state index in [9.17, 15) is 13.2 Å². The summed E-state index contributed by atoms with van der Waals surface area (Å²) in [6, 6.07) is 0.115. The third-order valence-corrected chi connectivity index (χ3v) is 4.46. The Morgan fingerprint density at radius 3 is 2.75 bits per heavy atom. The molecule has 3 N–H and O–H groups in total. The Labute approximate surface area is 95.5 Å². The Hall–Kier alpha value is -0.660. The fourth-order valence-corrected chi connectivity index (χ4v) is 2.52. The van der Waals surface area contributed by atoms with E-state index in [0.717, 1.165) is 25.8 Å². The van der Waals surface area contributed by atoms with Crippen LogP contribution in [-0.4, -0.2) is 43.9 Å². The van der Waals surface area contributed by atoms with Gasteiger partial charge in [0.05, 0.1) is 0 Å². The molecule has 1 aliphatic heterocycles. The molecule has 1 fully saturated rings. The Morgan fingerprint density at radius 1 is 1.56 bits per heavy atom. The van der Waals surface area contributed by atoms with Crippen molar-refractivity contribution in [3.05, 3.63) is 0 Å². The molecule has 94 valence electrons. The van der Waals surface area contributed by atoms with E-state index >= 15 is 0 Å². The van der Waals surface area contributed by atoms with Gasteiger partial charge in [-0.05, 0) is 26.3 Å². The standard InChI is InChI=1S/C9H18N2O4S/c1-7(9(12)13)16(14,15)11-6-8-4-2-3-5-10-8/h7-8,10-11H,2-6H2,1H3,(H,12,13). The molecule has 2 unspecified atom stereocenters. The monoisotopic (exact) mass is 250 g/mol. The maximum atomic E-state index is 11.5. The first kappa shape index (κ1) is 13.4. The number of rotatable bonds is 5. The molecule has 0 spiro atoms. The molecule has 2 atom stereocenters. The van der Waals surface area contributed by atoms with Gasteiger partial charge in [-0.15, -0.1) is 0 Å². The van der Waals surface area contributed by atoms with Crippen LogP contribution in [0.1, 0.15) is 26.2 Å². The van der Waals surface area contributed by atoms with Crippen molar-refractivity contribution in [2.45, 2.75) is 37.5 Å². The topological polar surface area (TPSA) is 95.5 Å². The highest BCUT2D eigenvalue weighted by Crippen LogP contribution is 2.07. The molecule has 6 nitrogen and oxygen atoms in total. The lowest BCUT2D eigenvalue weighted by Crippen LogP contribution is -2.46. The normalized spacial score (nSPS) is 23.9. The Kier molecular flexibility index (Phi) is 4.69. The molecule has 0 aromatic rings. The number of nitrogens with one attached hydrogen (secondary N) is 2. The van der Waals surface area contributed by atoms with E-state index in [-0.39, 0.29) is 12.6 Å². The number of aliphatic carboxylic acids is 1. The van der Waals surface area contributed by atoms with Crippen LogP contribution >= 0.6 is 0 Å². The van der Waals surface area contributed by atoms with E-state index in [1.54, 1.807) is 0 Å². The fourth-order valence-electron chi connectivity index (χ4n) is 1.57. The Balaban J connectivity index is 2.44. The molecule has 0 radical (unpaired) electrons. The van der Waals surface area contributed by atoms with Gasteiger partial charge in [-0.1, -0.05) is 6.42 Å². The molecule has 7 heteroatoms. The van der Waals surface area contributed by atoms with Crippen LogP contribution in [0.25, 0.3) is 0 Å². The minimum Gasteiger partial charge on any atom is -0.480 e. The van der Waals surface area contributed by atoms with Crippen molar-refractivity contribution in [3.63, 3.8) is 0 Å². The lowest BCUT2D eigenvalue weighted by atomic mass is 10.1. The number of carboxylic acids is 1. The van der Waals surface area contributed by atoms with Gasteiger partial charge in [0.25, 0.3) is 0 Å². The number of piperidine rings is 1. The van der Waals surface area contributed by atoms with Crippen molar-refractivity contribution in [2.24, 2.45) is 0 Å². The molecular weight excluding hydrogens is 232 g/mol. The SMILES string of the molecule is CC(C(=O)O)S(=O)(=O)NCC1CCCCN1. The average molecular weight is 250 g/mol. The van der Waals surface area contributed by atoms with Gasteiger partial charge in [-0.3, -0.25) is 4.79 Å². The van der Waals surface area contributed by atoms with Crippen LogP contribution in [0.4, 0.5) is 0 Å². The first-order valence-corrected chi connectivity index (χ1v) is 6.93. The smallest absolute Gasteiger partial charge is 0.323 e.